The summed E-state index contributed by atoms with van der Waals surface area (Å²) in [4.78, 5) is 35.3. The molecule has 1 aromatic rings. The van der Waals surface area contributed by atoms with Gasteiger partial charge in [-0.25, -0.2) is 9.18 Å². The molecule has 0 heterocycles. The van der Waals surface area contributed by atoms with Crippen LogP contribution >= 0.6 is 0 Å². The minimum Gasteiger partial charge on any atom is -0.480 e. The molecule has 144 valence electrons. The largest absolute Gasteiger partial charge is 0.480 e. The lowest BCUT2D eigenvalue weighted by atomic mass is 10.0. The van der Waals surface area contributed by atoms with Crippen molar-refractivity contribution in [2.24, 2.45) is 0 Å². The number of amides is 2. The highest BCUT2D eigenvalue weighted by Gasteiger charge is 2.26. The van der Waals surface area contributed by atoms with Crippen molar-refractivity contribution in [3.05, 3.63) is 35.6 Å². The summed E-state index contributed by atoms with van der Waals surface area (Å²) in [6.07, 6.45) is 4.03. The van der Waals surface area contributed by atoms with Gasteiger partial charge in [0.05, 0.1) is 0 Å². The molecular weight excluding hydrogens is 339 g/mol. The average molecular weight is 366 g/mol. The van der Waals surface area contributed by atoms with Crippen molar-refractivity contribution in [3.63, 3.8) is 0 Å². The van der Waals surface area contributed by atoms with Crippen LogP contribution in [0.4, 0.5) is 4.39 Å². The smallest absolute Gasteiger partial charge is 0.326 e. The van der Waals surface area contributed by atoms with E-state index in [-0.39, 0.29) is 6.42 Å². The minimum absolute atomic E-state index is 0.0747. The van der Waals surface area contributed by atoms with Gasteiger partial charge in [0.1, 0.15) is 17.9 Å². The van der Waals surface area contributed by atoms with Gasteiger partial charge in [0.15, 0.2) is 0 Å². The van der Waals surface area contributed by atoms with Crippen molar-refractivity contribution in [2.45, 2.75) is 64.5 Å². The highest BCUT2D eigenvalue weighted by molar-refractivity contribution is 5.90. The Kier molecular flexibility index (Phi) is 9.33. The Morgan fingerprint density at radius 2 is 1.85 bits per heavy atom. The third-order valence-electron chi connectivity index (χ3n) is 3.98. The van der Waals surface area contributed by atoms with E-state index in [4.69, 9.17) is 0 Å². The number of carbonyl (C=O) groups excluding carboxylic acids is 2. The molecule has 0 bridgehead atoms. The molecule has 0 spiro atoms. The molecule has 2 atom stereocenters. The van der Waals surface area contributed by atoms with E-state index in [1.54, 1.807) is 6.07 Å². The van der Waals surface area contributed by atoms with Crippen molar-refractivity contribution in [3.8, 4) is 0 Å². The zero-order valence-corrected chi connectivity index (χ0v) is 15.3. The SMILES string of the molecule is CCCCCC[C@@H](NC(=O)[C@@H](Cc1cccc(F)c1)NC(C)=O)C(=O)O. The molecule has 6 nitrogen and oxygen atoms in total. The fraction of sp³-hybridized carbons (Fsp3) is 0.526. The normalized spacial score (nSPS) is 12.9. The molecule has 0 aliphatic heterocycles. The van der Waals surface area contributed by atoms with Crippen molar-refractivity contribution in [1.29, 1.82) is 0 Å². The van der Waals surface area contributed by atoms with Crippen molar-refractivity contribution in [2.75, 3.05) is 0 Å². The monoisotopic (exact) mass is 366 g/mol. The highest BCUT2D eigenvalue weighted by Crippen LogP contribution is 2.09. The maximum absolute atomic E-state index is 13.3. The number of halogens is 1. The van der Waals surface area contributed by atoms with Crippen LogP contribution in [-0.4, -0.2) is 35.0 Å². The van der Waals surface area contributed by atoms with Crippen LogP contribution in [-0.2, 0) is 20.8 Å². The zero-order chi connectivity index (χ0) is 19.5. The van der Waals surface area contributed by atoms with Gasteiger partial charge < -0.3 is 15.7 Å². The number of carboxylic acids is 1. The number of carboxylic acid groups (broad SMARTS) is 1. The Bertz CT molecular complexity index is 621. The second kappa shape index (κ2) is 11.2. The van der Waals surface area contributed by atoms with E-state index >= 15 is 0 Å². The standard InChI is InChI=1S/C19H27FN2O4/c1-3-4-5-6-10-16(19(25)26)22-18(24)17(21-13(2)23)12-14-8-7-9-15(20)11-14/h7-9,11,16-17H,3-6,10,12H2,1-2H3,(H,21,23)(H,22,24)(H,25,26)/t16-,17-/m1/s1. The molecule has 3 N–H and O–H groups in total. The predicted molar refractivity (Wildman–Crippen MR) is 96.0 cm³/mol. The van der Waals surface area contributed by atoms with Crippen molar-refractivity contribution >= 4 is 17.8 Å². The van der Waals surface area contributed by atoms with E-state index in [1.807, 2.05) is 0 Å². The van der Waals surface area contributed by atoms with Gasteiger partial charge in [-0.15, -0.1) is 0 Å². The van der Waals surface area contributed by atoms with Gasteiger partial charge in [0, 0.05) is 13.3 Å². The first kappa shape index (κ1) is 21.6. The molecule has 0 radical (unpaired) electrons. The molecular formula is C19H27FN2O4. The Balaban J connectivity index is 2.76. The summed E-state index contributed by atoms with van der Waals surface area (Å²) in [5.41, 5.74) is 0.536. The first-order valence-electron chi connectivity index (χ1n) is 8.88. The van der Waals surface area contributed by atoms with E-state index in [0.717, 1.165) is 19.3 Å². The lowest BCUT2D eigenvalue weighted by molar-refractivity contribution is -0.142. The number of hydrogen-bond acceptors (Lipinski definition) is 3. The summed E-state index contributed by atoms with van der Waals surface area (Å²) in [6, 6.07) is 3.75. The number of carbonyl (C=O) groups is 3. The number of hydrogen-bond donors (Lipinski definition) is 3. The molecule has 2 amide bonds. The van der Waals surface area contributed by atoms with Crippen LogP contribution in [0, 0.1) is 5.82 Å². The predicted octanol–water partition coefficient (Wildman–Crippen LogP) is 2.41. The molecule has 0 saturated carbocycles. The minimum atomic E-state index is -1.11. The summed E-state index contributed by atoms with van der Waals surface area (Å²) in [6.45, 7) is 3.33. The molecule has 0 unspecified atom stereocenters. The Hall–Kier alpha value is -2.44. The summed E-state index contributed by atoms with van der Waals surface area (Å²) in [5.74, 6) is -2.56. The number of unbranched alkanes of at least 4 members (excludes halogenated alkanes) is 3. The van der Waals surface area contributed by atoms with Gasteiger partial charge in [0.25, 0.3) is 0 Å². The topological polar surface area (TPSA) is 95.5 Å². The van der Waals surface area contributed by atoms with E-state index < -0.39 is 35.7 Å². The van der Waals surface area contributed by atoms with E-state index in [9.17, 15) is 23.9 Å². The highest BCUT2D eigenvalue weighted by atomic mass is 19.1. The quantitative estimate of drug-likeness (QED) is 0.524. The average Bonchev–Trinajstić information content (AvgIpc) is 2.56. The van der Waals surface area contributed by atoms with Gasteiger partial charge in [-0.05, 0) is 24.1 Å². The van der Waals surface area contributed by atoms with Gasteiger partial charge in [-0.2, -0.15) is 0 Å². The van der Waals surface area contributed by atoms with Gasteiger partial charge >= 0.3 is 5.97 Å². The Morgan fingerprint density at radius 3 is 2.42 bits per heavy atom. The van der Waals surface area contributed by atoms with Gasteiger partial charge in [0.2, 0.25) is 11.8 Å². The second-order valence-electron chi connectivity index (χ2n) is 6.34. The van der Waals surface area contributed by atoms with Crippen molar-refractivity contribution < 1.29 is 23.9 Å². The molecule has 0 fully saturated rings. The fourth-order valence-electron chi connectivity index (χ4n) is 2.66. The number of benzene rings is 1. The van der Waals surface area contributed by atoms with E-state index in [0.29, 0.717) is 18.4 Å². The van der Waals surface area contributed by atoms with Crippen molar-refractivity contribution in [1.82, 2.24) is 10.6 Å². The number of aliphatic carboxylic acids is 1. The lowest BCUT2D eigenvalue weighted by Crippen LogP contribution is -2.52. The maximum Gasteiger partial charge on any atom is 0.326 e. The number of nitrogens with one attached hydrogen (secondary N) is 2. The molecule has 0 aliphatic rings. The molecule has 0 aliphatic carbocycles. The first-order chi connectivity index (χ1) is 12.3. The third-order valence-corrected chi connectivity index (χ3v) is 3.98. The van der Waals surface area contributed by atoms with Crippen LogP contribution in [0.5, 0.6) is 0 Å². The second-order valence-corrected chi connectivity index (χ2v) is 6.34. The maximum atomic E-state index is 13.3. The van der Waals surface area contributed by atoms with E-state index in [2.05, 4.69) is 17.6 Å². The van der Waals surface area contributed by atoms with Crippen LogP contribution in [0.2, 0.25) is 0 Å². The molecule has 1 aromatic carbocycles. The molecule has 7 heteroatoms. The van der Waals surface area contributed by atoms with Crippen LogP contribution in [0.3, 0.4) is 0 Å². The summed E-state index contributed by atoms with van der Waals surface area (Å²) in [5, 5.41) is 14.3. The fourth-order valence-corrected chi connectivity index (χ4v) is 2.66. The summed E-state index contributed by atoms with van der Waals surface area (Å²) in [7, 11) is 0. The molecule has 0 saturated heterocycles. The Morgan fingerprint density at radius 1 is 1.12 bits per heavy atom. The van der Waals surface area contributed by atoms with Crippen LogP contribution in [0.1, 0.15) is 51.5 Å². The molecule has 26 heavy (non-hydrogen) atoms. The van der Waals surface area contributed by atoms with Gasteiger partial charge in [-0.1, -0.05) is 44.7 Å². The summed E-state index contributed by atoms with van der Waals surface area (Å²) >= 11 is 0. The molecule has 0 aromatic heterocycles. The summed E-state index contributed by atoms with van der Waals surface area (Å²) < 4.78 is 13.3. The lowest BCUT2D eigenvalue weighted by Gasteiger charge is -2.21. The Labute approximate surface area is 153 Å². The first-order valence-corrected chi connectivity index (χ1v) is 8.88. The number of rotatable bonds is 11. The third kappa shape index (κ3) is 8.09. The van der Waals surface area contributed by atoms with E-state index in [1.165, 1.54) is 25.1 Å². The zero-order valence-electron chi connectivity index (χ0n) is 15.3. The van der Waals surface area contributed by atoms with Crippen LogP contribution in [0.25, 0.3) is 0 Å². The van der Waals surface area contributed by atoms with Crippen LogP contribution in [0.15, 0.2) is 24.3 Å². The molecule has 1 rings (SSSR count). The van der Waals surface area contributed by atoms with Crippen LogP contribution < -0.4 is 10.6 Å². The van der Waals surface area contributed by atoms with Gasteiger partial charge in [-0.3, -0.25) is 9.59 Å².